The van der Waals surface area contributed by atoms with Crippen LogP contribution in [0.1, 0.15) is 54.4 Å². The summed E-state index contributed by atoms with van der Waals surface area (Å²) in [4.78, 5) is 0. The van der Waals surface area contributed by atoms with Gasteiger partial charge < -0.3 is 0 Å². The summed E-state index contributed by atoms with van der Waals surface area (Å²) >= 11 is 0. The average molecular weight is 221 g/mol. The van der Waals surface area contributed by atoms with Crippen LogP contribution < -0.4 is 0 Å². The third-order valence-corrected chi connectivity index (χ3v) is 2.41. The maximum atomic E-state index is 2.33. The Bertz CT molecular complexity index is 216. The van der Waals surface area contributed by atoms with Crippen LogP contribution in [0.4, 0.5) is 0 Å². The molecule has 0 rings (SSSR count). The van der Waals surface area contributed by atoms with E-state index >= 15 is 0 Å². The van der Waals surface area contributed by atoms with E-state index in [2.05, 4.69) is 72.3 Å². The average Bonchev–Trinajstić information content (AvgIpc) is 2.08. The Balaban J connectivity index is 3.82. The van der Waals surface area contributed by atoms with Gasteiger partial charge in [0.05, 0.1) is 0 Å². The normalized spacial score (nSPS) is 13.8. The van der Waals surface area contributed by atoms with Crippen molar-refractivity contribution in [2.45, 2.75) is 54.4 Å². The third kappa shape index (κ3) is 10.0. The second-order valence-corrected chi connectivity index (χ2v) is 6.09. The largest absolute Gasteiger partial charge is 0.0877 e. The van der Waals surface area contributed by atoms with Gasteiger partial charge in [-0.3, -0.25) is 0 Å². The van der Waals surface area contributed by atoms with E-state index in [4.69, 9.17) is 0 Å². The maximum absolute atomic E-state index is 2.33. The van der Waals surface area contributed by atoms with Gasteiger partial charge in [0.2, 0.25) is 0 Å². The lowest BCUT2D eigenvalue weighted by Gasteiger charge is -2.22. The molecule has 0 spiro atoms. The highest BCUT2D eigenvalue weighted by Crippen LogP contribution is 2.26. The van der Waals surface area contributed by atoms with E-state index in [0.29, 0.717) is 11.3 Å². The Morgan fingerprint density at radius 3 is 2.19 bits per heavy atom. The van der Waals surface area contributed by atoms with Crippen molar-refractivity contribution in [3.63, 3.8) is 0 Å². The van der Waals surface area contributed by atoms with E-state index in [1.54, 1.807) is 0 Å². The van der Waals surface area contributed by atoms with Gasteiger partial charge in [0.1, 0.15) is 0 Å². The van der Waals surface area contributed by atoms with Crippen molar-refractivity contribution in [3.8, 4) is 0 Å². The van der Waals surface area contributed by atoms with Gasteiger partial charge in [-0.25, -0.2) is 0 Å². The fourth-order valence-corrected chi connectivity index (χ4v) is 1.96. The van der Waals surface area contributed by atoms with Crippen molar-refractivity contribution in [1.82, 2.24) is 0 Å². The molecule has 93 valence electrons. The Labute approximate surface area is 103 Å². The Morgan fingerprint density at radius 2 is 1.69 bits per heavy atom. The number of rotatable bonds is 7. The molecule has 0 aromatic rings. The molecule has 0 heterocycles. The summed E-state index contributed by atoms with van der Waals surface area (Å²) in [5.74, 6) is 1.43. The first-order valence-corrected chi connectivity index (χ1v) is 6.51. The first kappa shape index (κ1) is 15.5. The zero-order chi connectivity index (χ0) is 12.6. The van der Waals surface area contributed by atoms with Crippen LogP contribution in [0.15, 0.2) is 24.3 Å². The molecule has 0 nitrogen and oxygen atoms in total. The summed E-state index contributed by atoms with van der Waals surface area (Å²) in [7, 11) is 0. The molecule has 0 N–H and O–H groups in total. The summed E-state index contributed by atoms with van der Waals surface area (Å²) in [5, 5.41) is 0. The minimum absolute atomic E-state index is 0.326. The lowest BCUT2D eigenvalue weighted by atomic mass is 9.83. The second-order valence-electron chi connectivity index (χ2n) is 6.09. The molecule has 0 aliphatic heterocycles. The first-order chi connectivity index (χ1) is 7.33. The monoisotopic (exact) mass is 221 g/mol. The van der Waals surface area contributed by atoms with Gasteiger partial charge in [0.15, 0.2) is 0 Å². The summed E-state index contributed by atoms with van der Waals surface area (Å²) in [5.41, 5.74) is 0.326. The van der Waals surface area contributed by atoms with E-state index < -0.39 is 0 Å². The molecule has 0 saturated carbocycles. The molecule has 0 aliphatic rings. The summed E-state index contributed by atoms with van der Waals surface area (Å²) in [6.45, 7) is 13.6. The van der Waals surface area contributed by atoms with Crippen molar-refractivity contribution < 1.29 is 0 Å². The fraction of sp³-hybridized carbons (Fsp3) is 0.688. The highest BCUT2D eigenvalue weighted by molar-refractivity contribution is 5.05. The van der Waals surface area contributed by atoms with Gasteiger partial charge in [0, 0.05) is 0 Å². The smallest absolute Gasteiger partial charge is 0.0133 e. The maximum Gasteiger partial charge on any atom is -0.0133 e. The van der Waals surface area contributed by atoms with Crippen molar-refractivity contribution in [2.24, 2.45) is 17.3 Å². The van der Waals surface area contributed by atoms with Gasteiger partial charge in [-0.15, -0.1) is 0 Å². The highest BCUT2D eigenvalue weighted by Gasteiger charge is 2.14. The molecule has 0 heteroatoms. The number of hydrogen-bond acceptors (Lipinski definition) is 0. The molecule has 0 unspecified atom stereocenters. The van der Waals surface area contributed by atoms with Crippen molar-refractivity contribution in [1.29, 1.82) is 0 Å². The summed E-state index contributed by atoms with van der Waals surface area (Å²) < 4.78 is 0. The predicted molar refractivity (Wildman–Crippen MR) is 75.3 cm³/mol. The van der Waals surface area contributed by atoms with Crippen LogP contribution in [0.25, 0.3) is 0 Å². The van der Waals surface area contributed by atoms with Crippen LogP contribution in [0.2, 0.25) is 0 Å². The van der Waals surface area contributed by atoms with Crippen molar-refractivity contribution in [3.05, 3.63) is 30.7 Å². The van der Waals surface area contributed by atoms with E-state index in [0.717, 1.165) is 12.3 Å². The molecule has 16 heavy (non-hydrogen) atoms. The summed E-state index contributed by atoms with van der Waals surface area (Å²) in [6, 6.07) is 0. The molecule has 0 atom stereocenters. The number of unbranched alkanes of at least 4 members (excludes halogenated alkanes) is 1. The molecule has 0 amide bonds. The lowest BCUT2D eigenvalue weighted by Crippen LogP contribution is -2.10. The zero-order valence-electron chi connectivity index (χ0n) is 12.0. The van der Waals surface area contributed by atoms with Gasteiger partial charge >= 0.3 is 0 Å². The van der Waals surface area contributed by atoms with E-state index in [1.807, 2.05) is 0 Å². The molecule has 0 aromatic carbocycles. The lowest BCUT2D eigenvalue weighted by molar-refractivity contribution is 0.366. The van der Waals surface area contributed by atoms with Crippen molar-refractivity contribution in [2.75, 3.05) is 0 Å². The molecule has 0 saturated heterocycles. The molecular formula is C16H29. The first-order valence-electron chi connectivity index (χ1n) is 6.51. The van der Waals surface area contributed by atoms with E-state index in [9.17, 15) is 0 Å². The minimum atomic E-state index is 0.326. The van der Waals surface area contributed by atoms with Crippen LogP contribution in [0, 0.1) is 23.7 Å². The fourth-order valence-electron chi connectivity index (χ4n) is 1.96. The molecule has 1 radical (unpaired) electrons. The second kappa shape index (κ2) is 7.70. The van der Waals surface area contributed by atoms with Crippen LogP contribution in [0.5, 0.6) is 0 Å². The molecule has 0 bridgehead atoms. The van der Waals surface area contributed by atoms with Crippen LogP contribution in [-0.4, -0.2) is 0 Å². The van der Waals surface area contributed by atoms with Crippen LogP contribution >= 0.6 is 0 Å². The molecular weight excluding hydrogens is 192 g/mol. The SMILES string of the molecule is CC(C)C=CC[CH]C=CC(C)(C)CC(C)C. The molecule has 0 aliphatic carbocycles. The Hall–Kier alpha value is -0.520. The van der Waals surface area contributed by atoms with Gasteiger partial charge in [-0.1, -0.05) is 65.8 Å². The van der Waals surface area contributed by atoms with E-state index in [-0.39, 0.29) is 0 Å². The number of allylic oxidation sites excluding steroid dienone is 4. The standard InChI is InChI=1S/C16H29/c1-14(2)11-9-7-8-10-12-16(5,6)13-15(3)4/h8-12,14-15H,7,13H2,1-6H3. The van der Waals surface area contributed by atoms with Gasteiger partial charge in [-0.05, 0) is 36.5 Å². The zero-order valence-corrected chi connectivity index (χ0v) is 12.0. The molecule has 0 aromatic heterocycles. The molecule has 0 fully saturated rings. The van der Waals surface area contributed by atoms with Gasteiger partial charge in [0.25, 0.3) is 0 Å². The number of hydrogen-bond donors (Lipinski definition) is 0. The van der Waals surface area contributed by atoms with Crippen LogP contribution in [-0.2, 0) is 0 Å². The summed E-state index contributed by atoms with van der Waals surface area (Å²) in [6.07, 6.45) is 13.6. The third-order valence-electron chi connectivity index (χ3n) is 2.41. The predicted octanol–water partition coefficient (Wildman–Crippen LogP) is 5.42. The van der Waals surface area contributed by atoms with E-state index in [1.165, 1.54) is 6.42 Å². The van der Waals surface area contributed by atoms with Crippen LogP contribution in [0.3, 0.4) is 0 Å². The highest BCUT2D eigenvalue weighted by atomic mass is 14.2. The quantitative estimate of drug-likeness (QED) is 0.397. The topological polar surface area (TPSA) is 0 Å². The minimum Gasteiger partial charge on any atom is -0.0877 e. The Morgan fingerprint density at radius 1 is 1.06 bits per heavy atom. The van der Waals surface area contributed by atoms with Crippen molar-refractivity contribution >= 4 is 0 Å². The Kier molecular flexibility index (Phi) is 7.45. The van der Waals surface area contributed by atoms with Gasteiger partial charge in [-0.2, -0.15) is 0 Å².